The normalized spacial score (nSPS) is 11.3. The lowest BCUT2D eigenvalue weighted by Crippen LogP contribution is -2.26. The molecule has 0 saturated heterocycles. The summed E-state index contributed by atoms with van der Waals surface area (Å²) in [4.78, 5) is 11.3. The molecular formula is C20H23N3O2S. The molecule has 136 valence electrons. The summed E-state index contributed by atoms with van der Waals surface area (Å²) in [6, 6.07) is 14.2. The van der Waals surface area contributed by atoms with Gasteiger partial charge in [0.05, 0.1) is 23.9 Å². The molecule has 0 saturated carbocycles. The first-order valence-corrected chi connectivity index (χ1v) is 9.37. The molecule has 1 aromatic heterocycles. The standard InChI is InChI=1S/C20H23N3O2S/c1-4-23(11-12-24-2)16-7-5-15(6-8-16)14-21-20-22-18-10-9-17(25-3)13-19(18)26-20/h5-10,13-14H,4,11-12H2,1-3H3/b21-14+. The Kier molecular flexibility index (Phi) is 6.20. The van der Waals surface area contributed by atoms with Crippen LogP contribution in [-0.4, -0.2) is 45.1 Å². The van der Waals surface area contributed by atoms with E-state index in [4.69, 9.17) is 9.47 Å². The van der Waals surface area contributed by atoms with Gasteiger partial charge in [0.25, 0.3) is 0 Å². The summed E-state index contributed by atoms with van der Waals surface area (Å²) in [6.07, 6.45) is 1.85. The van der Waals surface area contributed by atoms with E-state index in [1.165, 1.54) is 5.69 Å². The third-order valence-electron chi connectivity index (χ3n) is 4.11. The van der Waals surface area contributed by atoms with E-state index in [2.05, 4.69) is 46.1 Å². The van der Waals surface area contributed by atoms with Crippen LogP contribution in [0.2, 0.25) is 0 Å². The van der Waals surface area contributed by atoms with Crippen LogP contribution >= 0.6 is 11.3 Å². The first-order chi connectivity index (χ1) is 12.7. The molecule has 3 aromatic rings. The number of hydrogen-bond donors (Lipinski definition) is 0. The highest BCUT2D eigenvalue weighted by atomic mass is 32.1. The zero-order chi connectivity index (χ0) is 18.4. The maximum absolute atomic E-state index is 5.25. The van der Waals surface area contributed by atoms with Crippen molar-refractivity contribution >= 4 is 38.6 Å². The predicted molar refractivity (Wildman–Crippen MR) is 110 cm³/mol. The maximum Gasteiger partial charge on any atom is 0.210 e. The molecule has 0 aliphatic carbocycles. The number of thiazole rings is 1. The maximum atomic E-state index is 5.25. The van der Waals surface area contributed by atoms with Crippen molar-refractivity contribution in [3.8, 4) is 5.75 Å². The zero-order valence-electron chi connectivity index (χ0n) is 15.3. The van der Waals surface area contributed by atoms with Crippen molar-refractivity contribution in [2.75, 3.05) is 38.8 Å². The Balaban J connectivity index is 1.72. The van der Waals surface area contributed by atoms with Crippen LogP contribution in [0, 0.1) is 0 Å². The minimum Gasteiger partial charge on any atom is -0.497 e. The average Bonchev–Trinajstić information content (AvgIpc) is 3.09. The number of fused-ring (bicyclic) bond motifs is 1. The minimum atomic E-state index is 0.722. The molecule has 0 atom stereocenters. The van der Waals surface area contributed by atoms with Gasteiger partial charge >= 0.3 is 0 Å². The lowest BCUT2D eigenvalue weighted by atomic mass is 10.2. The second-order valence-corrected chi connectivity index (χ2v) is 6.76. The van der Waals surface area contributed by atoms with E-state index in [1.807, 2.05) is 24.4 Å². The number of benzene rings is 2. The summed E-state index contributed by atoms with van der Waals surface area (Å²) in [5, 5.41) is 0.743. The number of anilines is 1. The van der Waals surface area contributed by atoms with E-state index in [0.29, 0.717) is 0 Å². The molecule has 2 aromatic carbocycles. The van der Waals surface area contributed by atoms with Gasteiger partial charge in [-0.25, -0.2) is 9.98 Å². The Labute approximate surface area is 157 Å². The Morgan fingerprint density at radius 1 is 1.15 bits per heavy atom. The molecule has 26 heavy (non-hydrogen) atoms. The Hall–Kier alpha value is -2.44. The Morgan fingerprint density at radius 2 is 1.96 bits per heavy atom. The second-order valence-electron chi connectivity index (χ2n) is 5.75. The summed E-state index contributed by atoms with van der Waals surface area (Å²) < 4.78 is 11.5. The number of nitrogens with zero attached hydrogens (tertiary/aromatic N) is 3. The second kappa shape index (κ2) is 8.78. The fourth-order valence-corrected chi connectivity index (χ4v) is 3.49. The lowest BCUT2D eigenvalue weighted by molar-refractivity contribution is 0.205. The van der Waals surface area contributed by atoms with Gasteiger partial charge in [0.2, 0.25) is 5.13 Å². The Bertz CT molecular complexity index is 874. The molecule has 0 amide bonds. The van der Waals surface area contributed by atoms with Gasteiger partial charge in [-0.15, -0.1) is 0 Å². The predicted octanol–water partition coefficient (Wildman–Crippen LogP) is 4.53. The summed E-state index contributed by atoms with van der Waals surface area (Å²) in [6.45, 7) is 4.70. The third-order valence-corrected chi connectivity index (χ3v) is 5.04. The first-order valence-electron chi connectivity index (χ1n) is 8.56. The van der Waals surface area contributed by atoms with Crippen molar-refractivity contribution in [1.82, 2.24) is 4.98 Å². The van der Waals surface area contributed by atoms with Gasteiger partial charge < -0.3 is 14.4 Å². The molecule has 0 bridgehead atoms. The van der Waals surface area contributed by atoms with Crippen LogP contribution < -0.4 is 9.64 Å². The van der Waals surface area contributed by atoms with Crippen molar-refractivity contribution in [2.24, 2.45) is 4.99 Å². The minimum absolute atomic E-state index is 0.722. The quantitative estimate of drug-likeness (QED) is 0.547. The van der Waals surface area contributed by atoms with Gasteiger partial charge in [0, 0.05) is 32.1 Å². The molecule has 0 unspecified atom stereocenters. The Morgan fingerprint density at radius 3 is 2.65 bits per heavy atom. The van der Waals surface area contributed by atoms with Crippen molar-refractivity contribution in [2.45, 2.75) is 6.92 Å². The third kappa shape index (κ3) is 4.39. The molecule has 0 fully saturated rings. The number of likely N-dealkylation sites (N-methyl/N-ethyl adjacent to an activating group) is 1. The fourth-order valence-electron chi connectivity index (χ4n) is 2.65. The summed E-state index contributed by atoms with van der Waals surface area (Å²) in [7, 11) is 3.39. The highest BCUT2D eigenvalue weighted by Gasteiger charge is 2.05. The summed E-state index contributed by atoms with van der Waals surface area (Å²) >= 11 is 1.56. The fraction of sp³-hybridized carbons (Fsp3) is 0.300. The lowest BCUT2D eigenvalue weighted by Gasteiger charge is -2.22. The van der Waals surface area contributed by atoms with E-state index >= 15 is 0 Å². The van der Waals surface area contributed by atoms with Crippen molar-refractivity contribution in [3.63, 3.8) is 0 Å². The zero-order valence-corrected chi connectivity index (χ0v) is 16.1. The highest BCUT2D eigenvalue weighted by Crippen LogP contribution is 2.30. The topological polar surface area (TPSA) is 47.0 Å². The number of aromatic nitrogens is 1. The first kappa shape index (κ1) is 18.4. The van der Waals surface area contributed by atoms with Gasteiger partial charge in [-0.2, -0.15) is 0 Å². The van der Waals surface area contributed by atoms with Gasteiger partial charge in [-0.05, 0) is 42.8 Å². The molecule has 5 nitrogen and oxygen atoms in total. The van der Waals surface area contributed by atoms with Crippen LogP contribution in [-0.2, 0) is 4.74 Å². The number of ether oxygens (including phenoxy) is 2. The molecule has 0 radical (unpaired) electrons. The summed E-state index contributed by atoms with van der Waals surface area (Å²) in [5.74, 6) is 0.834. The molecule has 0 aliphatic heterocycles. The van der Waals surface area contributed by atoms with E-state index < -0.39 is 0 Å². The smallest absolute Gasteiger partial charge is 0.210 e. The van der Waals surface area contributed by atoms with Crippen LogP contribution in [0.15, 0.2) is 47.5 Å². The monoisotopic (exact) mass is 369 g/mol. The molecule has 0 aliphatic rings. The molecular weight excluding hydrogens is 346 g/mol. The van der Waals surface area contributed by atoms with Crippen LogP contribution in [0.1, 0.15) is 12.5 Å². The number of rotatable bonds is 8. The largest absolute Gasteiger partial charge is 0.497 e. The molecule has 6 heteroatoms. The van der Waals surface area contributed by atoms with Crippen molar-refractivity contribution in [3.05, 3.63) is 48.0 Å². The highest BCUT2D eigenvalue weighted by molar-refractivity contribution is 7.22. The molecule has 0 spiro atoms. The van der Waals surface area contributed by atoms with Crippen molar-refractivity contribution < 1.29 is 9.47 Å². The summed E-state index contributed by atoms with van der Waals surface area (Å²) in [5.41, 5.74) is 3.18. The number of hydrogen-bond acceptors (Lipinski definition) is 6. The van der Waals surface area contributed by atoms with Crippen LogP contribution in [0.3, 0.4) is 0 Å². The van der Waals surface area contributed by atoms with Crippen LogP contribution in [0.25, 0.3) is 10.2 Å². The van der Waals surface area contributed by atoms with E-state index in [9.17, 15) is 0 Å². The van der Waals surface area contributed by atoms with Gasteiger partial charge in [0.15, 0.2) is 0 Å². The van der Waals surface area contributed by atoms with Crippen LogP contribution in [0.4, 0.5) is 10.8 Å². The van der Waals surface area contributed by atoms with Gasteiger partial charge in [-0.3, -0.25) is 0 Å². The molecule has 0 N–H and O–H groups in total. The SMILES string of the molecule is CCN(CCOC)c1ccc(/C=N/c2nc3ccc(OC)cc3s2)cc1. The number of aliphatic imine (C=N–C) groups is 1. The van der Waals surface area contributed by atoms with Crippen molar-refractivity contribution in [1.29, 1.82) is 0 Å². The van der Waals surface area contributed by atoms with Crippen LogP contribution in [0.5, 0.6) is 5.75 Å². The van der Waals surface area contributed by atoms with Gasteiger partial charge in [-0.1, -0.05) is 23.5 Å². The average molecular weight is 369 g/mol. The van der Waals surface area contributed by atoms with Gasteiger partial charge in [0.1, 0.15) is 5.75 Å². The molecule has 1 heterocycles. The van der Waals surface area contributed by atoms with E-state index in [-0.39, 0.29) is 0 Å². The van der Waals surface area contributed by atoms with E-state index in [0.717, 1.165) is 46.4 Å². The van der Waals surface area contributed by atoms with E-state index in [1.54, 1.807) is 25.6 Å². The molecule has 3 rings (SSSR count). The number of methoxy groups -OCH3 is 2.